The fraction of sp³-hybridized carbons (Fsp3) is 0.571. The Morgan fingerprint density at radius 3 is 1.93 bits per heavy atom. The van der Waals surface area contributed by atoms with Gasteiger partial charge in [-0.05, 0) is 54.8 Å². The van der Waals surface area contributed by atoms with E-state index in [1.807, 2.05) is 0 Å². The van der Waals surface area contributed by atoms with E-state index in [-0.39, 0.29) is 0 Å². The van der Waals surface area contributed by atoms with Crippen molar-refractivity contribution in [3.63, 3.8) is 0 Å². The zero-order chi connectivity index (χ0) is 10.7. The number of fused-ring (bicyclic) bond motifs is 1. The van der Waals surface area contributed by atoms with E-state index in [9.17, 15) is 0 Å². The summed E-state index contributed by atoms with van der Waals surface area (Å²) >= 11 is 0. The Morgan fingerprint density at radius 1 is 1.00 bits per heavy atom. The molecule has 0 saturated heterocycles. The predicted octanol–water partition coefficient (Wildman–Crippen LogP) is 3.98. The molecule has 1 aromatic carbocycles. The van der Waals surface area contributed by atoms with Crippen molar-refractivity contribution in [1.82, 2.24) is 0 Å². The average molecular weight is 220 g/mol. The van der Waals surface area contributed by atoms with Gasteiger partial charge in [0.2, 0.25) is 0 Å². The first-order chi connectivity index (χ1) is 7.17. The number of benzene rings is 1. The Labute approximate surface area is 95.7 Å². The molecule has 0 aromatic heterocycles. The molecule has 0 heterocycles. The number of rotatable bonds is 0. The van der Waals surface area contributed by atoms with Crippen molar-refractivity contribution in [1.29, 1.82) is 0 Å². The first kappa shape index (κ1) is 11.1. The Morgan fingerprint density at radius 2 is 1.47 bits per heavy atom. The lowest BCUT2D eigenvalue weighted by atomic mass is 9.98. The van der Waals surface area contributed by atoms with Gasteiger partial charge in [-0.3, -0.25) is 0 Å². The van der Waals surface area contributed by atoms with E-state index in [4.69, 9.17) is 0 Å². The third kappa shape index (κ3) is 3.05. The largest absolute Gasteiger partial charge is 0.131 e. The molecule has 1 heteroatoms. The fourth-order valence-electron chi connectivity index (χ4n) is 2.54. The van der Waals surface area contributed by atoms with Crippen LogP contribution in [0.2, 0.25) is 0 Å². The first-order valence-corrected chi connectivity index (χ1v) is 6.61. The van der Waals surface area contributed by atoms with Gasteiger partial charge in [0.15, 0.2) is 0 Å². The lowest BCUT2D eigenvalue weighted by Gasteiger charge is -2.23. The van der Waals surface area contributed by atoms with Gasteiger partial charge in [-0.1, -0.05) is 31.2 Å². The van der Waals surface area contributed by atoms with Crippen LogP contribution in [0.4, 0.5) is 0 Å². The normalized spacial score (nSPS) is 20.9. The summed E-state index contributed by atoms with van der Waals surface area (Å²) in [6.45, 7) is 2.38. The summed E-state index contributed by atoms with van der Waals surface area (Å²) in [6, 6.07) is 8.97. The van der Waals surface area contributed by atoms with Crippen molar-refractivity contribution in [2.45, 2.75) is 50.6 Å². The average Bonchev–Trinajstić information content (AvgIpc) is 2.25. The van der Waals surface area contributed by atoms with Gasteiger partial charge < -0.3 is 0 Å². The molecule has 0 aliphatic heterocycles. The minimum Gasteiger partial charge on any atom is -0.131 e. The van der Waals surface area contributed by atoms with E-state index >= 15 is 0 Å². The molecule has 1 aliphatic carbocycles. The molecule has 1 unspecified atom stereocenters. The summed E-state index contributed by atoms with van der Waals surface area (Å²) in [6.07, 6.45) is 7.87. The number of hydrogen-bond donors (Lipinski definition) is 0. The molecule has 1 aliphatic rings. The maximum atomic E-state index is 3.06. The molecule has 2 rings (SSSR count). The molecule has 82 valence electrons. The third-order valence-electron chi connectivity index (χ3n) is 3.51. The standard InChI is InChI=1S/C14H21P/c1-14(15)10-4-8-12-6-2-3-7-13(12)9-5-11-14/h2-3,6-7H,4-5,8-11,15H2,1H3. The summed E-state index contributed by atoms with van der Waals surface area (Å²) in [5, 5.41) is 0.474. The fourth-order valence-corrected chi connectivity index (χ4v) is 2.94. The van der Waals surface area contributed by atoms with Crippen LogP contribution in [0.15, 0.2) is 24.3 Å². The van der Waals surface area contributed by atoms with Crippen molar-refractivity contribution in [3.8, 4) is 0 Å². The van der Waals surface area contributed by atoms with Gasteiger partial charge in [0, 0.05) is 0 Å². The molecule has 0 spiro atoms. The molecule has 15 heavy (non-hydrogen) atoms. The summed E-state index contributed by atoms with van der Waals surface area (Å²) in [7, 11) is 3.06. The van der Waals surface area contributed by atoms with Gasteiger partial charge in [0.1, 0.15) is 0 Å². The van der Waals surface area contributed by atoms with Crippen molar-refractivity contribution in [2.75, 3.05) is 0 Å². The van der Waals surface area contributed by atoms with E-state index < -0.39 is 0 Å². The minimum absolute atomic E-state index is 0.474. The highest BCUT2D eigenvalue weighted by Gasteiger charge is 2.19. The Hall–Kier alpha value is -0.350. The highest BCUT2D eigenvalue weighted by molar-refractivity contribution is 7.18. The SMILES string of the molecule is CC1(P)CCCc2ccccc2CCC1. The zero-order valence-corrected chi connectivity index (χ0v) is 10.8. The highest BCUT2D eigenvalue weighted by Crippen LogP contribution is 2.32. The Kier molecular flexibility index (Phi) is 3.46. The van der Waals surface area contributed by atoms with E-state index in [1.165, 1.54) is 38.5 Å². The third-order valence-corrected chi connectivity index (χ3v) is 4.08. The number of aryl methyl sites for hydroxylation is 2. The van der Waals surface area contributed by atoms with Crippen molar-refractivity contribution in [2.24, 2.45) is 0 Å². The van der Waals surface area contributed by atoms with Crippen molar-refractivity contribution < 1.29 is 0 Å². The predicted molar refractivity (Wildman–Crippen MR) is 70.4 cm³/mol. The lowest BCUT2D eigenvalue weighted by Crippen LogP contribution is -2.14. The molecule has 1 atom stereocenters. The van der Waals surface area contributed by atoms with Gasteiger partial charge in [0.25, 0.3) is 0 Å². The Balaban J connectivity index is 2.15. The smallest absolute Gasteiger partial charge is 0.0178 e. The second-order valence-corrected chi connectivity index (χ2v) is 6.52. The Bertz CT molecular complexity index is 297. The molecule has 0 nitrogen and oxygen atoms in total. The van der Waals surface area contributed by atoms with Crippen LogP contribution in [0.25, 0.3) is 0 Å². The quantitative estimate of drug-likeness (QED) is 0.580. The molecule has 0 radical (unpaired) electrons. The van der Waals surface area contributed by atoms with Crippen LogP contribution in [-0.4, -0.2) is 5.16 Å². The van der Waals surface area contributed by atoms with Crippen LogP contribution in [0, 0.1) is 0 Å². The zero-order valence-electron chi connectivity index (χ0n) is 9.63. The molecule has 0 N–H and O–H groups in total. The van der Waals surface area contributed by atoms with Crippen molar-refractivity contribution >= 4 is 9.24 Å². The summed E-state index contributed by atoms with van der Waals surface area (Å²) in [5.41, 5.74) is 3.17. The van der Waals surface area contributed by atoms with E-state index in [0.29, 0.717) is 5.16 Å². The second kappa shape index (κ2) is 4.66. The van der Waals surface area contributed by atoms with Gasteiger partial charge in [-0.2, -0.15) is 0 Å². The van der Waals surface area contributed by atoms with Crippen molar-refractivity contribution in [3.05, 3.63) is 35.4 Å². The lowest BCUT2D eigenvalue weighted by molar-refractivity contribution is 0.512. The number of hydrogen-bond acceptors (Lipinski definition) is 0. The van der Waals surface area contributed by atoms with Gasteiger partial charge >= 0.3 is 0 Å². The van der Waals surface area contributed by atoms with Crippen LogP contribution in [-0.2, 0) is 12.8 Å². The molecular formula is C14H21P. The topological polar surface area (TPSA) is 0 Å². The van der Waals surface area contributed by atoms with Gasteiger partial charge in [-0.15, -0.1) is 9.24 Å². The van der Waals surface area contributed by atoms with Gasteiger partial charge in [-0.25, -0.2) is 0 Å². The summed E-state index contributed by atoms with van der Waals surface area (Å²) in [5.74, 6) is 0. The van der Waals surface area contributed by atoms with Crippen LogP contribution >= 0.6 is 9.24 Å². The minimum atomic E-state index is 0.474. The van der Waals surface area contributed by atoms with E-state index in [2.05, 4.69) is 40.4 Å². The summed E-state index contributed by atoms with van der Waals surface area (Å²) < 4.78 is 0. The molecule has 0 saturated carbocycles. The van der Waals surface area contributed by atoms with Gasteiger partial charge in [0.05, 0.1) is 0 Å². The van der Waals surface area contributed by atoms with E-state index in [1.54, 1.807) is 11.1 Å². The van der Waals surface area contributed by atoms with Crippen LogP contribution in [0.3, 0.4) is 0 Å². The molecule has 0 fully saturated rings. The van der Waals surface area contributed by atoms with E-state index in [0.717, 1.165) is 0 Å². The second-order valence-electron chi connectivity index (χ2n) is 5.13. The first-order valence-electron chi connectivity index (χ1n) is 6.03. The molecular weight excluding hydrogens is 199 g/mol. The monoisotopic (exact) mass is 220 g/mol. The maximum Gasteiger partial charge on any atom is -0.0178 e. The summed E-state index contributed by atoms with van der Waals surface area (Å²) in [4.78, 5) is 0. The highest BCUT2D eigenvalue weighted by atomic mass is 31.0. The molecule has 0 amide bonds. The van der Waals surface area contributed by atoms with Crippen LogP contribution in [0.1, 0.15) is 43.7 Å². The maximum absolute atomic E-state index is 3.06. The molecule has 1 aromatic rings. The van der Waals surface area contributed by atoms with Crippen LogP contribution < -0.4 is 0 Å². The van der Waals surface area contributed by atoms with Crippen LogP contribution in [0.5, 0.6) is 0 Å². The molecule has 0 bridgehead atoms.